The molecule has 1 atom stereocenters. The topological polar surface area (TPSA) is 95.1 Å². The molecule has 0 spiro atoms. The van der Waals surface area contributed by atoms with Gasteiger partial charge >= 0.3 is 6.09 Å². The molecule has 0 bridgehead atoms. The highest BCUT2D eigenvalue weighted by Gasteiger charge is 2.31. The van der Waals surface area contributed by atoms with E-state index < -0.39 is 12.0 Å². The molecule has 41 heavy (non-hydrogen) atoms. The lowest BCUT2D eigenvalue weighted by Crippen LogP contribution is -2.47. The maximum atomic E-state index is 14.2. The maximum Gasteiger partial charge on any atom is 0.433 e. The van der Waals surface area contributed by atoms with Crippen LogP contribution in [0.1, 0.15) is 29.3 Å². The van der Waals surface area contributed by atoms with Crippen molar-refractivity contribution >= 4 is 34.5 Å². The number of para-hydroxylation sites is 2. The molecule has 2 heterocycles. The molecule has 1 aliphatic heterocycles. The fourth-order valence-corrected chi connectivity index (χ4v) is 5.29. The SMILES string of the molecule is COC(=O)N(NC(=O)c1c(CN2CCC(N(C)C(C)=O)C2)c(-c2ccccc2)nc2ccccc12)c1ccccc1. The normalized spacial score (nSPS) is 15.0. The summed E-state index contributed by atoms with van der Waals surface area (Å²) >= 11 is 0. The van der Waals surface area contributed by atoms with Crippen LogP contribution in [-0.4, -0.2) is 66.0 Å². The van der Waals surface area contributed by atoms with Crippen LogP contribution in [0.2, 0.25) is 0 Å². The molecule has 5 rings (SSSR count). The molecule has 3 aromatic carbocycles. The second kappa shape index (κ2) is 12.2. The number of hydrazine groups is 1. The van der Waals surface area contributed by atoms with Gasteiger partial charge in [-0.25, -0.2) is 9.78 Å². The van der Waals surface area contributed by atoms with Crippen molar-refractivity contribution in [3.8, 4) is 11.3 Å². The fourth-order valence-electron chi connectivity index (χ4n) is 5.29. The first-order chi connectivity index (χ1) is 19.9. The minimum atomic E-state index is -0.720. The monoisotopic (exact) mass is 551 g/mol. The number of methoxy groups -OCH3 is 1. The molecule has 0 saturated carbocycles. The quantitative estimate of drug-likeness (QED) is 0.344. The number of hydrogen-bond acceptors (Lipinski definition) is 6. The number of ether oxygens (including phenoxy) is 1. The molecule has 1 unspecified atom stereocenters. The third-order valence-electron chi connectivity index (χ3n) is 7.53. The summed E-state index contributed by atoms with van der Waals surface area (Å²) in [5.41, 5.74) is 6.69. The number of nitrogens with one attached hydrogen (secondary N) is 1. The highest BCUT2D eigenvalue weighted by Crippen LogP contribution is 2.33. The van der Waals surface area contributed by atoms with E-state index in [2.05, 4.69) is 10.3 Å². The Morgan fingerprint density at radius 3 is 2.32 bits per heavy atom. The van der Waals surface area contributed by atoms with E-state index >= 15 is 0 Å². The molecular formula is C32H33N5O4. The number of aromatic nitrogens is 1. The van der Waals surface area contributed by atoms with Crippen molar-refractivity contribution in [1.29, 1.82) is 0 Å². The van der Waals surface area contributed by atoms with Crippen molar-refractivity contribution < 1.29 is 19.1 Å². The van der Waals surface area contributed by atoms with Crippen molar-refractivity contribution in [2.75, 3.05) is 32.3 Å². The largest absolute Gasteiger partial charge is 0.451 e. The number of nitrogens with zero attached hydrogens (tertiary/aromatic N) is 4. The van der Waals surface area contributed by atoms with Gasteiger partial charge in [0, 0.05) is 56.2 Å². The smallest absolute Gasteiger partial charge is 0.433 e. The van der Waals surface area contributed by atoms with Gasteiger partial charge in [-0.3, -0.25) is 19.9 Å². The number of anilines is 1. The minimum Gasteiger partial charge on any atom is -0.451 e. The Morgan fingerprint density at radius 2 is 1.63 bits per heavy atom. The second-order valence-corrected chi connectivity index (χ2v) is 10.1. The molecular weight excluding hydrogens is 518 g/mol. The standard InChI is InChI=1S/C32H33N5O4/c1-22(38)35(2)25-18-19-36(20-25)21-27-29(31(39)34-37(32(40)41-3)24-14-8-5-9-15-24)26-16-10-11-17-28(26)33-30(27)23-12-6-4-7-13-23/h4-17,25H,18-21H2,1-3H3,(H,34,39). The number of benzene rings is 3. The molecule has 1 fully saturated rings. The molecule has 1 saturated heterocycles. The lowest BCUT2D eigenvalue weighted by Gasteiger charge is -2.26. The zero-order valence-electron chi connectivity index (χ0n) is 23.4. The molecule has 9 heteroatoms. The average Bonchev–Trinajstić information content (AvgIpc) is 3.47. The van der Waals surface area contributed by atoms with Gasteiger partial charge in [-0.05, 0) is 24.6 Å². The van der Waals surface area contributed by atoms with Gasteiger partial charge in [0.25, 0.3) is 5.91 Å². The molecule has 1 N–H and O–H groups in total. The van der Waals surface area contributed by atoms with Gasteiger partial charge in [0.1, 0.15) is 0 Å². The Balaban J connectivity index is 1.62. The van der Waals surface area contributed by atoms with Crippen molar-refractivity contribution in [2.24, 2.45) is 0 Å². The van der Waals surface area contributed by atoms with Crippen LogP contribution in [-0.2, 0) is 16.1 Å². The van der Waals surface area contributed by atoms with Gasteiger partial charge in [0.05, 0.1) is 29.6 Å². The van der Waals surface area contributed by atoms with E-state index in [9.17, 15) is 14.4 Å². The molecule has 1 aromatic heterocycles. The molecule has 9 nitrogen and oxygen atoms in total. The lowest BCUT2D eigenvalue weighted by atomic mass is 9.95. The van der Waals surface area contributed by atoms with E-state index in [1.165, 1.54) is 7.11 Å². The molecule has 0 radical (unpaired) electrons. The van der Waals surface area contributed by atoms with Crippen LogP contribution in [0.5, 0.6) is 0 Å². The average molecular weight is 552 g/mol. The number of pyridine rings is 1. The summed E-state index contributed by atoms with van der Waals surface area (Å²) in [6.45, 7) is 3.46. The zero-order chi connectivity index (χ0) is 28.9. The van der Waals surface area contributed by atoms with Gasteiger partial charge in [-0.15, -0.1) is 0 Å². The highest BCUT2D eigenvalue weighted by molar-refractivity contribution is 6.10. The number of likely N-dealkylation sites (N-methyl/N-ethyl adjacent to an activating group) is 1. The van der Waals surface area contributed by atoms with E-state index in [0.717, 1.165) is 29.1 Å². The Kier molecular flexibility index (Phi) is 8.26. The summed E-state index contributed by atoms with van der Waals surface area (Å²) in [6, 6.07) is 26.2. The van der Waals surface area contributed by atoms with Gasteiger partial charge < -0.3 is 9.64 Å². The van der Waals surface area contributed by atoms with Crippen molar-refractivity contribution in [3.63, 3.8) is 0 Å². The van der Waals surface area contributed by atoms with Gasteiger partial charge in [-0.2, -0.15) is 5.01 Å². The Hall–Kier alpha value is -4.76. The van der Waals surface area contributed by atoms with Crippen molar-refractivity contribution in [1.82, 2.24) is 20.2 Å². The lowest BCUT2D eigenvalue weighted by molar-refractivity contribution is -0.129. The van der Waals surface area contributed by atoms with Crippen LogP contribution >= 0.6 is 0 Å². The number of amides is 3. The Morgan fingerprint density at radius 1 is 0.976 bits per heavy atom. The summed E-state index contributed by atoms with van der Waals surface area (Å²) in [6.07, 6.45) is 0.117. The number of rotatable bonds is 6. The van der Waals surface area contributed by atoms with Gasteiger partial charge in [0.2, 0.25) is 5.91 Å². The Bertz CT molecular complexity index is 1560. The van der Waals surface area contributed by atoms with E-state index in [4.69, 9.17) is 9.72 Å². The van der Waals surface area contributed by atoms with Crippen molar-refractivity contribution in [2.45, 2.75) is 25.9 Å². The molecule has 3 amide bonds. The van der Waals surface area contributed by atoms with E-state index in [1.807, 2.05) is 67.7 Å². The summed E-state index contributed by atoms with van der Waals surface area (Å²) in [4.78, 5) is 48.1. The summed E-state index contributed by atoms with van der Waals surface area (Å²) < 4.78 is 4.99. The maximum absolute atomic E-state index is 14.2. The van der Waals surface area contributed by atoms with Crippen LogP contribution < -0.4 is 10.4 Å². The zero-order valence-corrected chi connectivity index (χ0v) is 23.4. The summed E-state index contributed by atoms with van der Waals surface area (Å²) in [7, 11) is 3.10. The van der Waals surface area contributed by atoms with E-state index in [-0.39, 0.29) is 11.9 Å². The first kappa shape index (κ1) is 27.8. The molecule has 4 aromatic rings. The third-order valence-corrected chi connectivity index (χ3v) is 7.53. The van der Waals surface area contributed by atoms with Crippen LogP contribution in [0.15, 0.2) is 84.9 Å². The highest BCUT2D eigenvalue weighted by atomic mass is 16.5. The number of hydrogen-bond donors (Lipinski definition) is 1. The van der Waals surface area contributed by atoms with Crippen LogP contribution in [0, 0.1) is 0 Å². The molecule has 1 aliphatic rings. The number of likely N-dealkylation sites (tertiary alicyclic amines) is 1. The van der Waals surface area contributed by atoms with Crippen LogP contribution in [0.25, 0.3) is 22.2 Å². The predicted octanol–water partition coefficient (Wildman–Crippen LogP) is 4.87. The molecule has 0 aliphatic carbocycles. The fraction of sp³-hybridized carbons (Fsp3) is 0.250. The predicted molar refractivity (Wildman–Crippen MR) is 158 cm³/mol. The first-order valence-corrected chi connectivity index (χ1v) is 13.5. The van der Waals surface area contributed by atoms with Gasteiger partial charge in [-0.1, -0.05) is 66.7 Å². The third kappa shape index (κ3) is 5.90. The minimum absolute atomic E-state index is 0.0260. The van der Waals surface area contributed by atoms with E-state index in [0.29, 0.717) is 40.9 Å². The first-order valence-electron chi connectivity index (χ1n) is 13.5. The van der Waals surface area contributed by atoms with Crippen LogP contribution in [0.3, 0.4) is 0 Å². The van der Waals surface area contributed by atoms with E-state index in [1.54, 1.807) is 36.1 Å². The Labute approximate surface area is 239 Å². The number of carbonyl (C=O) groups excluding carboxylic acids is 3. The van der Waals surface area contributed by atoms with Crippen LogP contribution in [0.4, 0.5) is 10.5 Å². The van der Waals surface area contributed by atoms with Crippen molar-refractivity contribution in [3.05, 3.63) is 96.1 Å². The summed E-state index contributed by atoms with van der Waals surface area (Å²) in [5.74, 6) is -0.431. The molecule has 210 valence electrons. The van der Waals surface area contributed by atoms with Gasteiger partial charge in [0.15, 0.2) is 0 Å². The summed E-state index contributed by atoms with van der Waals surface area (Å²) in [5, 5.41) is 1.78. The second-order valence-electron chi connectivity index (χ2n) is 10.1. The number of carbonyl (C=O) groups is 3. The number of fused-ring (bicyclic) bond motifs is 1.